The number of nitrogens with two attached hydrogens (primary N) is 1. The van der Waals surface area contributed by atoms with Crippen LogP contribution in [0.25, 0.3) is 0 Å². The maximum atomic E-state index is 12.8. The number of hydrogen-bond donors (Lipinski definition) is 3. The second kappa shape index (κ2) is 11.4. The molecule has 2 amide bonds. The van der Waals surface area contributed by atoms with Gasteiger partial charge in [0.2, 0.25) is 5.91 Å². The van der Waals surface area contributed by atoms with Crippen LogP contribution in [-0.2, 0) is 27.3 Å². The minimum atomic E-state index is -1.07. The van der Waals surface area contributed by atoms with Crippen LogP contribution in [0.3, 0.4) is 0 Å². The summed E-state index contributed by atoms with van der Waals surface area (Å²) in [4.78, 5) is 31.5. The Bertz CT molecular complexity index is 1040. The highest BCUT2D eigenvalue weighted by Gasteiger charge is 2.33. The molecule has 3 atom stereocenters. The average molecular weight is 500 g/mol. The largest absolute Gasteiger partial charge is 0.447 e. The van der Waals surface area contributed by atoms with Gasteiger partial charge in [0.05, 0.1) is 30.9 Å². The highest BCUT2D eigenvalue weighted by atomic mass is 16.6. The molecule has 36 heavy (non-hydrogen) atoms. The molecule has 2 aliphatic heterocycles. The van der Waals surface area contributed by atoms with Crippen LogP contribution in [0.4, 0.5) is 4.79 Å². The minimum Gasteiger partial charge on any atom is -0.447 e. The lowest BCUT2D eigenvalue weighted by Crippen LogP contribution is -2.51. The number of aromatic nitrogens is 2. The van der Waals surface area contributed by atoms with E-state index in [1.807, 2.05) is 36.5 Å². The van der Waals surface area contributed by atoms with Gasteiger partial charge in [0, 0.05) is 25.0 Å². The molecule has 0 spiro atoms. The van der Waals surface area contributed by atoms with Crippen LogP contribution in [0.15, 0.2) is 36.5 Å². The average Bonchev–Trinajstić information content (AvgIpc) is 3.48. The van der Waals surface area contributed by atoms with E-state index < -0.39 is 23.8 Å². The first-order chi connectivity index (χ1) is 17.2. The van der Waals surface area contributed by atoms with Gasteiger partial charge in [0.25, 0.3) is 0 Å². The number of nitrogens with one attached hydrogen (secondary N) is 1. The molecule has 1 fully saturated rings. The zero-order valence-corrected chi connectivity index (χ0v) is 21.1. The van der Waals surface area contributed by atoms with Crippen molar-refractivity contribution in [2.45, 2.75) is 69.9 Å². The number of hydrogen-bond acceptors (Lipinski definition) is 7. The predicted octanol–water partition coefficient (Wildman–Crippen LogP) is 2.08. The number of aryl methyl sites for hydroxylation is 1. The van der Waals surface area contributed by atoms with Crippen molar-refractivity contribution in [2.24, 2.45) is 5.73 Å². The molecule has 1 aromatic heterocycles. The first kappa shape index (κ1) is 26.1. The Balaban J connectivity index is 1.49. The van der Waals surface area contributed by atoms with Crippen LogP contribution in [0.5, 0.6) is 0 Å². The molecule has 2 aliphatic rings. The normalized spacial score (nSPS) is 20.6. The van der Waals surface area contributed by atoms with Gasteiger partial charge in [-0.1, -0.05) is 30.3 Å². The number of benzene rings is 1. The summed E-state index contributed by atoms with van der Waals surface area (Å²) in [5, 5.41) is 12.7. The smallest absolute Gasteiger partial charge is 0.409 e. The quantitative estimate of drug-likeness (QED) is 0.481. The van der Waals surface area contributed by atoms with Crippen molar-refractivity contribution < 1.29 is 24.2 Å². The molecule has 10 nitrogen and oxygen atoms in total. The Morgan fingerprint density at radius 2 is 2.06 bits per heavy atom. The Morgan fingerprint density at radius 1 is 1.28 bits per heavy atom. The number of rotatable bonds is 9. The second-order valence-corrected chi connectivity index (χ2v) is 10.2. The molecule has 2 aromatic rings. The monoisotopic (exact) mass is 499 g/mol. The van der Waals surface area contributed by atoms with Gasteiger partial charge < -0.3 is 35.1 Å². The number of carbonyl (C=O) groups excluding carboxylic acids is 2. The van der Waals surface area contributed by atoms with E-state index in [-0.39, 0.29) is 25.2 Å². The standard InChI is InChI=1S/C26H37N5O5/c1-26(2,27)24(33)29-22(17-35-15-18-7-4-3-5-8-18)23-28-13-19-9-6-10-20(31(19)23)16-36-25(34)30-12-11-21(32)14-30/h3-5,7-8,13,20-22,32H,6,9-12,14-17,27H2,1-2H3,(H,29,33)/t20-,21-,22-/m1/s1. The molecule has 0 unspecified atom stereocenters. The van der Waals surface area contributed by atoms with Crippen LogP contribution < -0.4 is 11.1 Å². The van der Waals surface area contributed by atoms with Gasteiger partial charge in [-0.15, -0.1) is 0 Å². The summed E-state index contributed by atoms with van der Waals surface area (Å²) in [6.07, 6.45) is 4.10. The number of carbonyl (C=O) groups is 2. The fourth-order valence-corrected chi connectivity index (χ4v) is 4.64. The highest BCUT2D eigenvalue weighted by Crippen LogP contribution is 2.30. The van der Waals surface area contributed by atoms with Gasteiger partial charge >= 0.3 is 6.09 Å². The van der Waals surface area contributed by atoms with Crippen LogP contribution >= 0.6 is 0 Å². The number of fused-ring (bicyclic) bond motifs is 1. The van der Waals surface area contributed by atoms with E-state index in [1.54, 1.807) is 13.8 Å². The topological polar surface area (TPSA) is 132 Å². The molecule has 1 aromatic carbocycles. The molecule has 1 saturated heterocycles. The van der Waals surface area contributed by atoms with Crippen molar-refractivity contribution in [3.05, 3.63) is 53.6 Å². The van der Waals surface area contributed by atoms with Crippen LogP contribution in [0, 0.1) is 0 Å². The van der Waals surface area contributed by atoms with Crippen molar-refractivity contribution >= 4 is 12.0 Å². The Hall–Kier alpha value is -2.95. The lowest BCUT2D eigenvalue weighted by molar-refractivity contribution is -0.126. The van der Waals surface area contributed by atoms with Gasteiger partial charge in [0.15, 0.2) is 0 Å². The third kappa shape index (κ3) is 6.43. The Morgan fingerprint density at radius 3 is 2.75 bits per heavy atom. The molecular weight excluding hydrogens is 462 g/mol. The number of aliphatic hydroxyl groups excluding tert-OH is 1. The van der Waals surface area contributed by atoms with Crippen molar-refractivity contribution in [3.8, 4) is 0 Å². The molecule has 4 rings (SSSR count). The predicted molar refractivity (Wildman–Crippen MR) is 133 cm³/mol. The van der Waals surface area contributed by atoms with Crippen molar-refractivity contribution in [2.75, 3.05) is 26.3 Å². The van der Waals surface area contributed by atoms with E-state index in [2.05, 4.69) is 14.9 Å². The molecule has 0 saturated carbocycles. The molecule has 196 valence electrons. The van der Waals surface area contributed by atoms with E-state index >= 15 is 0 Å². The fraction of sp³-hybridized carbons (Fsp3) is 0.577. The van der Waals surface area contributed by atoms with Gasteiger partial charge in [-0.2, -0.15) is 0 Å². The molecule has 3 heterocycles. The number of imidazole rings is 1. The van der Waals surface area contributed by atoms with E-state index in [0.717, 1.165) is 30.5 Å². The fourth-order valence-electron chi connectivity index (χ4n) is 4.64. The zero-order chi connectivity index (χ0) is 25.7. The van der Waals surface area contributed by atoms with Gasteiger partial charge in [-0.3, -0.25) is 4.79 Å². The van der Waals surface area contributed by atoms with Crippen LogP contribution in [0.2, 0.25) is 0 Å². The SMILES string of the molecule is CC(C)(N)C(=O)N[C@H](COCc1ccccc1)c1ncc2n1[C@@H](COC(=O)N1CC[C@@H](O)C1)CCC2. The zero-order valence-electron chi connectivity index (χ0n) is 21.1. The summed E-state index contributed by atoms with van der Waals surface area (Å²) < 4.78 is 13.7. The lowest BCUT2D eigenvalue weighted by atomic mass is 10.0. The summed E-state index contributed by atoms with van der Waals surface area (Å²) in [7, 11) is 0. The number of β-amino-alcohol motifs (C(OH)–C–C–N with tert-alkyl or cyclic N) is 1. The summed E-state index contributed by atoms with van der Waals surface area (Å²) >= 11 is 0. The third-order valence-corrected chi connectivity index (χ3v) is 6.66. The Kier molecular flexibility index (Phi) is 8.28. The number of likely N-dealkylation sites (tertiary alicyclic amines) is 1. The minimum absolute atomic E-state index is 0.109. The summed E-state index contributed by atoms with van der Waals surface area (Å²) in [6, 6.07) is 9.19. The first-order valence-corrected chi connectivity index (χ1v) is 12.6. The van der Waals surface area contributed by atoms with E-state index in [4.69, 9.17) is 15.2 Å². The van der Waals surface area contributed by atoms with Crippen molar-refractivity contribution in [1.29, 1.82) is 0 Å². The number of ether oxygens (including phenoxy) is 2. The van der Waals surface area contributed by atoms with Gasteiger partial charge in [0.1, 0.15) is 18.5 Å². The Labute approximate surface area is 211 Å². The van der Waals surface area contributed by atoms with Crippen LogP contribution in [0.1, 0.15) is 62.3 Å². The number of aliphatic hydroxyl groups is 1. The summed E-state index contributed by atoms with van der Waals surface area (Å²) in [5.41, 5.74) is 7.05. The molecule has 4 N–H and O–H groups in total. The highest BCUT2D eigenvalue weighted by molar-refractivity contribution is 5.85. The van der Waals surface area contributed by atoms with Crippen molar-refractivity contribution in [1.82, 2.24) is 19.8 Å². The number of nitrogens with zero attached hydrogens (tertiary/aromatic N) is 3. The van der Waals surface area contributed by atoms with Crippen molar-refractivity contribution in [3.63, 3.8) is 0 Å². The van der Waals surface area contributed by atoms with E-state index in [9.17, 15) is 14.7 Å². The number of amides is 2. The van der Waals surface area contributed by atoms with E-state index in [1.165, 1.54) is 4.90 Å². The van der Waals surface area contributed by atoms with E-state index in [0.29, 0.717) is 31.9 Å². The maximum absolute atomic E-state index is 12.8. The third-order valence-electron chi connectivity index (χ3n) is 6.66. The van der Waals surface area contributed by atoms with Crippen LogP contribution in [-0.4, -0.2) is 69.5 Å². The second-order valence-electron chi connectivity index (χ2n) is 10.2. The molecule has 0 bridgehead atoms. The molecule has 0 radical (unpaired) electrons. The summed E-state index contributed by atoms with van der Waals surface area (Å²) in [5.74, 6) is 0.354. The van der Waals surface area contributed by atoms with Gasteiger partial charge in [-0.05, 0) is 45.1 Å². The lowest BCUT2D eigenvalue weighted by Gasteiger charge is -2.31. The molecule has 0 aliphatic carbocycles. The first-order valence-electron chi connectivity index (χ1n) is 12.6. The molecule has 10 heteroatoms. The van der Waals surface area contributed by atoms with Gasteiger partial charge in [-0.25, -0.2) is 9.78 Å². The molecular formula is C26H37N5O5. The maximum Gasteiger partial charge on any atom is 0.409 e. The summed E-state index contributed by atoms with van der Waals surface area (Å²) in [6.45, 7) is 4.91.